The van der Waals surface area contributed by atoms with E-state index in [9.17, 15) is 13.2 Å². The van der Waals surface area contributed by atoms with Gasteiger partial charge in [-0.2, -0.15) is 4.31 Å². The highest BCUT2D eigenvalue weighted by Gasteiger charge is 2.37. The van der Waals surface area contributed by atoms with E-state index in [4.69, 9.17) is 4.74 Å². The van der Waals surface area contributed by atoms with Gasteiger partial charge in [0.2, 0.25) is 15.9 Å². The summed E-state index contributed by atoms with van der Waals surface area (Å²) in [6.45, 7) is 2.16. The van der Waals surface area contributed by atoms with Crippen molar-refractivity contribution in [3.05, 3.63) is 72.6 Å². The van der Waals surface area contributed by atoms with E-state index in [1.165, 1.54) is 4.31 Å². The number of piperidine rings is 1. The molecule has 4 rings (SSSR count). The van der Waals surface area contributed by atoms with Crippen molar-refractivity contribution < 1.29 is 17.9 Å². The third-order valence-corrected chi connectivity index (χ3v) is 7.24. The third kappa shape index (κ3) is 4.79. The molecule has 8 nitrogen and oxygen atoms in total. The maximum Gasteiger partial charge on any atom is 0.321 e. The fraction of sp³-hybridized carbons (Fsp3) is 0.261. The van der Waals surface area contributed by atoms with Crippen molar-refractivity contribution in [2.24, 2.45) is 0 Å². The Hall–Kier alpha value is -3.30. The minimum Gasteiger partial charge on any atom is -0.424 e. The number of aryl methyl sites for hydroxylation is 1. The van der Waals surface area contributed by atoms with Crippen molar-refractivity contribution in [3.63, 3.8) is 0 Å². The maximum atomic E-state index is 13.2. The number of nitrogens with zero attached hydrogens (tertiary/aromatic N) is 3. The van der Waals surface area contributed by atoms with Crippen molar-refractivity contribution in [1.82, 2.24) is 14.3 Å². The highest BCUT2D eigenvalue weighted by molar-refractivity contribution is 7.89. The molecule has 0 bridgehead atoms. The Kier molecular flexibility index (Phi) is 6.48. The molecule has 9 heteroatoms. The number of sulfonamides is 1. The first-order valence-electron chi connectivity index (χ1n) is 10.4. The van der Waals surface area contributed by atoms with Gasteiger partial charge in [0.1, 0.15) is 11.8 Å². The molecule has 2 aromatic carbocycles. The third-order valence-electron chi connectivity index (χ3n) is 5.31. The molecule has 1 saturated heterocycles. The molecule has 0 spiro atoms. The number of ether oxygens (including phenoxy) is 1. The minimum atomic E-state index is -3.76. The Labute approximate surface area is 187 Å². The van der Waals surface area contributed by atoms with E-state index in [2.05, 4.69) is 15.3 Å². The largest absolute Gasteiger partial charge is 0.424 e. The van der Waals surface area contributed by atoms with E-state index in [0.717, 1.165) is 18.4 Å². The first-order chi connectivity index (χ1) is 15.4. The zero-order valence-corrected chi connectivity index (χ0v) is 18.5. The maximum absolute atomic E-state index is 13.2. The number of aromatic nitrogens is 2. The summed E-state index contributed by atoms with van der Waals surface area (Å²) in [7, 11) is -3.76. The Bertz CT molecular complexity index is 1190. The number of rotatable bonds is 6. The van der Waals surface area contributed by atoms with Crippen molar-refractivity contribution in [1.29, 1.82) is 0 Å². The number of nitrogens with one attached hydrogen (secondary N) is 1. The van der Waals surface area contributed by atoms with E-state index in [0.29, 0.717) is 24.4 Å². The van der Waals surface area contributed by atoms with E-state index in [1.807, 2.05) is 6.92 Å². The van der Waals surface area contributed by atoms with Crippen LogP contribution in [0.1, 0.15) is 24.8 Å². The summed E-state index contributed by atoms with van der Waals surface area (Å²) in [5.74, 6) is 0.199. The van der Waals surface area contributed by atoms with Crippen molar-refractivity contribution in [2.75, 3.05) is 11.9 Å². The SMILES string of the molecule is Cc1cc(Oc2ncccn2)ccc1NC(=O)C1CCCCN1S(=O)(=O)c1ccccc1. The van der Waals surface area contributed by atoms with Gasteiger partial charge in [0, 0.05) is 24.6 Å². The van der Waals surface area contributed by atoms with Gasteiger partial charge in [0.15, 0.2) is 0 Å². The molecule has 0 aliphatic carbocycles. The highest BCUT2D eigenvalue weighted by Crippen LogP contribution is 2.28. The molecule has 32 heavy (non-hydrogen) atoms. The lowest BCUT2D eigenvalue weighted by Crippen LogP contribution is -2.49. The molecule has 0 radical (unpaired) electrons. The second kappa shape index (κ2) is 9.46. The average Bonchev–Trinajstić information content (AvgIpc) is 2.82. The summed E-state index contributed by atoms with van der Waals surface area (Å²) in [6, 6.07) is 14.6. The molecule has 166 valence electrons. The number of carbonyl (C=O) groups excluding carboxylic acids is 1. The summed E-state index contributed by atoms with van der Waals surface area (Å²) in [4.78, 5) is 21.4. The first kappa shape index (κ1) is 21.9. The molecule has 1 aliphatic rings. The number of benzene rings is 2. The van der Waals surface area contributed by atoms with Crippen LogP contribution in [0.15, 0.2) is 71.9 Å². The Morgan fingerprint density at radius 1 is 1.06 bits per heavy atom. The molecule has 1 amide bonds. The van der Waals surface area contributed by atoms with Gasteiger partial charge in [-0.15, -0.1) is 0 Å². The van der Waals surface area contributed by atoms with Gasteiger partial charge in [0.25, 0.3) is 0 Å². The minimum absolute atomic E-state index is 0.195. The number of amides is 1. The molecule has 1 unspecified atom stereocenters. The number of carbonyl (C=O) groups is 1. The Morgan fingerprint density at radius 2 is 1.81 bits per heavy atom. The van der Waals surface area contributed by atoms with Crippen LogP contribution in [0.2, 0.25) is 0 Å². The Balaban J connectivity index is 1.51. The fourth-order valence-electron chi connectivity index (χ4n) is 3.68. The van der Waals surface area contributed by atoms with Gasteiger partial charge < -0.3 is 10.1 Å². The van der Waals surface area contributed by atoms with Gasteiger partial charge in [-0.1, -0.05) is 24.6 Å². The van der Waals surface area contributed by atoms with Crippen LogP contribution in [0.3, 0.4) is 0 Å². The monoisotopic (exact) mass is 452 g/mol. The smallest absolute Gasteiger partial charge is 0.321 e. The zero-order valence-electron chi connectivity index (χ0n) is 17.6. The lowest BCUT2D eigenvalue weighted by atomic mass is 10.0. The molecule has 1 aromatic heterocycles. The van der Waals surface area contributed by atoms with Crippen LogP contribution < -0.4 is 10.1 Å². The number of hydrogen-bond donors (Lipinski definition) is 1. The number of hydrogen-bond acceptors (Lipinski definition) is 6. The van der Waals surface area contributed by atoms with Gasteiger partial charge in [-0.3, -0.25) is 4.79 Å². The molecule has 1 atom stereocenters. The molecule has 3 aromatic rings. The van der Waals surface area contributed by atoms with Crippen LogP contribution in [0.4, 0.5) is 5.69 Å². The van der Waals surface area contributed by atoms with Crippen molar-refractivity contribution >= 4 is 21.6 Å². The quantitative estimate of drug-likeness (QED) is 0.611. The van der Waals surface area contributed by atoms with E-state index < -0.39 is 16.1 Å². The second-order valence-electron chi connectivity index (χ2n) is 7.54. The Morgan fingerprint density at radius 3 is 2.53 bits per heavy atom. The summed E-state index contributed by atoms with van der Waals surface area (Å²) in [5.41, 5.74) is 1.37. The van der Waals surface area contributed by atoms with Crippen LogP contribution in [0.25, 0.3) is 0 Å². The van der Waals surface area contributed by atoms with Crippen molar-refractivity contribution in [2.45, 2.75) is 37.1 Å². The van der Waals surface area contributed by atoms with Gasteiger partial charge >= 0.3 is 6.01 Å². The summed E-state index contributed by atoms with van der Waals surface area (Å²) >= 11 is 0. The standard InChI is InChI=1S/C23H24N4O4S/c1-17-16-18(31-23-24-13-7-14-25-23)11-12-20(17)26-22(28)21-10-5-6-15-27(21)32(29,30)19-8-3-2-4-9-19/h2-4,7-9,11-14,16,21H,5-6,10,15H2,1H3,(H,26,28). The number of anilines is 1. The van der Waals surface area contributed by atoms with Gasteiger partial charge in [-0.05, 0) is 61.7 Å². The molecule has 0 saturated carbocycles. The topological polar surface area (TPSA) is 101 Å². The lowest BCUT2D eigenvalue weighted by molar-refractivity contribution is -0.120. The zero-order chi connectivity index (χ0) is 22.6. The van der Waals surface area contributed by atoms with Crippen LogP contribution in [0.5, 0.6) is 11.8 Å². The summed E-state index contributed by atoms with van der Waals surface area (Å²) in [6.07, 6.45) is 5.17. The lowest BCUT2D eigenvalue weighted by Gasteiger charge is -2.33. The predicted octanol–water partition coefficient (Wildman–Crippen LogP) is 3.76. The van der Waals surface area contributed by atoms with E-state index in [1.54, 1.807) is 67.0 Å². The van der Waals surface area contributed by atoms with E-state index in [-0.39, 0.29) is 16.8 Å². The molecule has 1 aliphatic heterocycles. The van der Waals surface area contributed by atoms with Crippen LogP contribution >= 0.6 is 0 Å². The first-order valence-corrected chi connectivity index (χ1v) is 11.8. The average molecular weight is 453 g/mol. The molecular weight excluding hydrogens is 428 g/mol. The predicted molar refractivity (Wildman–Crippen MR) is 120 cm³/mol. The molecular formula is C23H24N4O4S. The van der Waals surface area contributed by atoms with Crippen LogP contribution in [-0.2, 0) is 14.8 Å². The molecule has 1 N–H and O–H groups in total. The molecule has 1 fully saturated rings. The second-order valence-corrected chi connectivity index (χ2v) is 9.43. The van der Waals surface area contributed by atoms with Gasteiger partial charge in [0.05, 0.1) is 4.90 Å². The highest BCUT2D eigenvalue weighted by atomic mass is 32.2. The van der Waals surface area contributed by atoms with Gasteiger partial charge in [-0.25, -0.2) is 18.4 Å². The van der Waals surface area contributed by atoms with Crippen LogP contribution in [-0.4, -0.2) is 41.2 Å². The molecule has 2 heterocycles. The summed E-state index contributed by atoms with van der Waals surface area (Å²) in [5, 5.41) is 2.89. The normalized spacial score (nSPS) is 17.0. The fourth-order valence-corrected chi connectivity index (χ4v) is 5.36. The van der Waals surface area contributed by atoms with Crippen LogP contribution in [0, 0.1) is 6.92 Å². The summed E-state index contributed by atoms with van der Waals surface area (Å²) < 4.78 is 33.3. The van der Waals surface area contributed by atoms with Crippen molar-refractivity contribution in [3.8, 4) is 11.8 Å². The van der Waals surface area contributed by atoms with E-state index >= 15 is 0 Å².